The van der Waals surface area contributed by atoms with Gasteiger partial charge in [0, 0.05) is 0 Å². The Labute approximate surface area is 107 Å². The van der Waals surface area contributed by atoms with Crippen LogP contribution in [0.4, 0.5) is 4.39 Å². The zero-order valence-corrected chi connectivity index (χ0v) is 10.0. The number of benzene rings is 1. The van der Waals surface area contributed by atoms with Crippen molar-refractivity contribution in [2.75, 3.05) is 0 Å². The molecule has 17 heavy (non-hydrogen) atoms. The highest BCUT2D eigenvalue weighted by molar-refractivity contribution is 6.31. The molecule has 0 aliphatic carbocycles. The summed E-state index contributed by atoms with van der Waals surface area (Å²) in [5, 5.41) is 0.243. The summed E-state index contributed by atoms with van der Waals surface area (Å²) in [6.07, 6.45) is 1.28. The molecule has 0 unspecified atom stereocenters. The largest absolute Gasteiger partial charge is 0.439 e. The van der Waals surface area contributed by atoms with Gasteiger partial charge in [0.2, 0.25) is 5.88 Å². The Kier molecular flexibility index (Phi) is 3.76. The van der Waals surface area contributed by atoms with E-state index in [0.717, 1.165) is 0 Å². The van der Waals surface area contributed by atoms with Gasteiger partial charge in [0.05, 0.1) is 11.4 Å². The van der Waals surface area contributed by atoms with Crippen LogP contribution < -0.4 is 4.74 Å². The van der Waals surface area contributed by atoms with Gasteiger partial charge in [-0.1, -0.05) is 11.6 Å². The van der Waals surface area contributed by atoms with Crippen molar-refractivity contribution >= 4 is 23.2 Å². The summed E-state index contributed by atoms with van der Waals surface area (Å²) in [5.41, 5.74) is 0.500. The third-order valence-corrected chi connectivity index (χ3v) is 2.61. The van der Waals surface area contributed by atoms with Crippen molar-refractivity contribution in [2.24, 2.45) is 0 Å². The van der Waals surface area contributed by atoms with Crippen LogP contribution in [0.5, 0.6) is 11.6 Å². The third kappa shape index (κ3) is 2.84. The molecule has 0 bridgehead atoms. The highest BCUT2D eigenvalue weighted by Crippen LogP contribution is 2.27. The van der Waals surface area contributed by atoms with E-state index in [1.54, 1.807) is 0 Å². The Bertz CT molecular complexity index is 519. The first kappa shape index (κ1) is 12.1. The normalized spacial score (nSPS) is 10.3. The highest BCUT2D eigenvalue weighted by atomic mass is 35.5. The first-order valence-electron chi connectivity index (χ1n) is 4.69. The fraction of sp³-hybridized carbons (Fsp3) is 0.0909. The summed E-state index contributed by atoms with van der Waals surface area (Å²) in [6, 6.07) is 5.56. The van der Waals surface area contributed by atoms with Crippen molar-refractivity contribution in [1.29, 1.82) is 0 Å². The van der Waals surface area contributed by atoms with Gasteiger partial charge < -0.3 is 4.74 Å². The van der Waals surface area contributed by atoms with Crippen molar-refractivity contribution in [3.63, 3.8) is 0 Å². The molecule has 2 aromatic rings. The van der Waals surface area contributed by atoms with Crippen LogP contribution in [0.15, 0.2) is 30.6 Å². The van der Waals surface area contributed by atoms with Crippen molar-refractivity contribution in [3.8, 4) is 11.6 Å². The maximum Gasteiger partial charge on any atom is 0.228 e. The molecule has 2 rings (SSSR count). The van der Waals surface area contributed by atoms with Crippen LogP contribution in [0.1, 0.15) is 5.56 Å². The Morgan fingerprint density at radius 1 is 1.18 bits per heavy atom. The Hall–Kier alpha value is -1.39. The molecule has 0 fully saturated rings. The lowest BCUT2D eigenvalue weighted by molar-refractivity contribution is 0.455. The minimum absolute atomic E-state index is 0.135. The molecule has 1 aromatic carbocycles. The number of nitrogens with zero attached hydrogens (tertiary/aromatic N) is 2. The maximum absolute atomic E-state index is 12.7. The van der Waals surface area contributed by atoms with Crippen molar-refractivity contribution < 1.29 is 9.13 Å². The van der Waals surface area contributed by atoms with Crippen LogP contribution in [0, 0.1) is 5.82 Å². The molecule has 0 saturated heterocycles. The summed E-state index contributed by atoms with van der Waals surface area (Å²) < 4.78 is 18.2. The van der Waals surface area contributed by atoms with E-state index in [9.17, 15) is 4.39 Å². The number of halogens is 3. The van der Waals surface area contributed by atoms with Gasteiger partial charge in [-0.25, -0.2) is 14.4 Å². The molecule has 3 nitrogen and oxygen atoms in total. The van der Waals surface area contributed by atoms with Gasteiger partial charge in [0.25, 0.3) is 0 Å². The van der Waals surface area contributed by atoms with Crippen LogP contribution in [0.3, 0.4) is 0 Å². The van der Waals surface area contributed by atoms with Gasteiger partial charge in [0.15, 0.2) is 0 Å². The molecule has 0 saturated carbocycles. The Balaban J connectivity index is 2.29. The molecule has 0 aliphatic heterocycles. The number of rotatable bonds is 3. The Morgan fingerprint density at radius 3 is 2.53 bits per heavy atom. The van der Waals surface area contributed by atoms with Crippen LogP contribution in [-0.2, 0) is 5.88 Å². The second kappa shape index (κ2) is 5.29. The van der Waals surface area contributed by atoms with Crippen molar-refractivity contribution in [2.45, 2.75) is 5.88 Å². The first-order chi connectivity index (χ1) is 8.20. The van der Waals surface area contributed by atoms with Gasteiger partial charge in [-0.3, -0.25) is 0 Å². The Morgan fingerprint density at radius 2 is 1.88 bits per heavy atom. The van der Waals surface area contributed by atoms with Gasteiger partial charge in [0.1, 0.15) is 23.0 Å². The number of hydrogen-bond donors (Lipinski definition) is 0. The quantitative estimate of drug-likeness (QED) is 0.630. The first-order valence-corrected chi connectivity index (χ1v) is 5.60. The predicted molar refractivity (Wildman–Crippen MR) is 63.1 cm³/mol. The maximum atomic E-state index is 12.7. The SMILES string of the molecule is Fc1ccc(Oc2ncnc(Cl)c2CCl)cc1. The van der Waals surface area contributed by atoms with Gasteiger partial charge in [-0.2, -0.15) is 0 Å². The minimum atomic E-state index is -0.337. The zero-order valence-electron chi connectivity index (χ0n) is 8.53. The summed E-state index contributed by atoms with van der Waals surface area (Å²) in [7, 11) is 0. The van der Waals surface area contributed by atoms with E-state index in [-0.39, 0.29) is 22.7 Å². The predicted octanol–water partition coefficient (Wildman–Crippen LogP) is 3.80. The molecule has 88 valence electrons. The lowest BCUT2D eigenvalue weighted by atomic mass is 10.3. The van der Waals surface area contributed by atoms with Crippen LogP contribution in [0.2, 0.25) is 5.15 Å². The molecule has 0 atom stereocenters. The molecule has 0 spiro atoms. The average Bonchev–Trinajstić information content (AvgIpc) is 2.32. The molecule has 0 radical (unpaired) electrons. The summed E-state index contributed by atoms with van der Waals surface area (Å²) >= 11 is 11.6. The topological polar surface area (TPSA) is 35.0 Å². The van der Waals surface area contributed by atoms with Crippen LogP contribution in [0.25, 0.3) is 0 Å². The zero-order chi connectivity index (χ0) is 12.3. The number of hydrogen-bond acceptors (Lipinski definition) is 3. The van der Waals surface area contributed by atoms with Crippen LogP contribution in [-0.4, -0.2) is 9.97 Å². The van der Waals surface area contributed by atoms with E-state index in [1.807, 2.05) is 0 Å². The number of alkyl halides is 1. The molecular weight excluding hydrogens is 266 g/mol. The van der Waals surface area contributed by atoms with E-state index in [1.165, 1.54) is 30.6 Å². The molecular formula is C11H7Cl2FN2O. The summed E-state index contributed by atoms with van der Waals surface area (Å²) in [6.45, 7) is 0. The second-order valence-corrected chi connectivity index (χ2v) is 3.76. The van der Waals surface area contributed by atoms with E-state index in [0.29, 0.717) is 11.3 Å². The van der Waals surface area contributed by atoms with Gasteiger partial charge in [-0.05, 0) is 24.3 Å². The van der Waals surface area contributed by atoms with E-state index < -0.39 is 0 Å². The van der Waals surface area contributed by atoms with Gasteiger partial charge >= 0.3 is 0 Å². The van der Waals surface area contributed by atoms with E-state index in [2.05, 4.69) is 9.97 Å². The average molecular weight is 273 g/mol. The number of aromatic nitrogens is 2. The molecule has 0 amide bonds. The molecule has 0 aliphatic rings. The fourth-order valence-electron chi connectivity index (χ4n) is 1.19. The summed E-state index contributed by atoms with van der Waals surface area (Å²) in [5.74, 6) is 0.519. The lowest BCUT2D eigenvalue weighted by Gasteiger charge is -2.08. The highest BCUT2D eigenvalue weighted by Gasteiger charge is 2.10. The van der Waals surface area contributed by atoms with E-state index >= 15 is 0 Å². The molecule has 1 heterocycles. The molecule has 6 heteroatoms. The fourth-order valence-corrected chi connectivity index (χ4v) is 1.69. The minimum Gasteiger partial charge on any atom is -0.439 e. The van der Waals surface area contributed by atoms with Crippen molar-refractivity contribution in [1.82, 2.24) is 9.97 Å². The monoisotopic (exact) mass is 272 g/mol. The standard InChI is InChI=1S/C11H7Cl2FN2O/c12-5-9-10(13)15-6-16-11(9)17-8-3-1-7(14)2-4-8/h1-4,6H,5H2. The third-order valence-electron chi connectivity index (χ3n) is 2.02. The van der Waals surface area contributed by atoms with Gasteiger partial charge in [-0.15, -0.1) is 11.6 Å². The lowest BCUT2D eigenvalue weighted by Crippen LogP contribution is -1.95. The smallest absolute Gasteiger partial charge is 0.228 e. The second-order valence-electron chi connectivity index (χ2n) is 3.14. The van der Waals surface area contributed by atoms with Crippen molar-refractivity contribution in [3.05, 3.63) is 47.1 Å². The molecule has 1 aromatic heterocycles. The number of ether oxygens (including phenoxy) is 1. The summed E-state index contributed by atoms with van der Waals surface area (Å²) in [4.78, 5) is 7.73. The van der Waals surface area contributed by atoms with E-state index in [4.69, 9.17) is 27.9 Å². The molecule has 0 N–H and O–H groups in total. The van der Waals surface area contributed by atoms with Crippen LogP contribution >= 0.6 is 23.2 Å².